The standard InChI is InChI=1S/C15H23N3O3/c1-16-21-12-13(19)11-17-7-9-18(10-8-17)14-5-3-4-6-15(14)20-2/h3-6,13,19H,1,7-12H2,2H3. The van der Waals surface area contributed by atoms with Crippen molar-refractivity contribution in [2.24, 2.45) is 5.16 Å². The number of aliphatic hydroxyl groups excluding tert-OH is 1. The second-order valence-corrected chi connectivity index (χ2v) is 5.04. The molecule has 0 radical (unpaired) electrons. The van der Waals surface area contributed by atoms with Crippen LogP contribution in [0.2, 0.25) is 0 Å². The first-order chi connectivity index (χ1) is 10.2. The number of oxime groups is 1. The molecule has 6 heteroatoms. The molecular formula is C15H23N3O3. The first-order valence-corrected chi connectivity index (χ1v) is 7.11. The van der Waals surface area contributed by atoms with Crippen LogP contribution in [0.15, 0.2) is 29.4 Å². The van der Waals surface area contributed by atoms with Crippen LogP contribution >= 0.6 is 0 Å². The first kappa shape index (κ1) is 15.6. The molecule has 1 atom stereocenters. The zero-order chi connectivity index (χ0) is 15.1. The highest BCUT2D eigenvalue weighted by molar-refractivity contribution is 5.58. The van der Waals surface area contributed by atoms with Gasteiger partial charge in [-0.1, -0.05) is 12.1 Å². The van der Waals surface area contributed by atoms with E-state index in [-0.39, 0.29) is 6.61 Å². The molecule has 1 aromatic carbocycles. The molecule has 0 aliphatic carbocycles. The topological polar surface area (TPSA) is 57.5 Å². The van der Waals surface area contributed by atoms with E-state index in [1.54, 1.807) is 7.11 Å². The van der Waals surface area contributed by atoms with Crippen LogP contribution in [-0.4, -0.2) is 69.3 Å². The number of hydrogen-bond donors (Lipinski definition) is 1. The third kappa shape index (κ3) is 4.34. The number of ether oxygens (including phenoxy) is 1. The van der Waals surface area contributed by atoms with Crippen LogP contribution < -0.4 is 9.64 Å². The minimum atomic E-state index is -0.534. The van der Waals surface area contributed by atoms with E-state index in [1.807, 2.05) is 18.2 Å². The maximum atomic E-state index is 9.81. The molecule has 1 aromatic rings. The second-order valence-electron chi connectivity index (χ2n) is 5.04. The molecule has 0 spiro atoms. The number of para-hydroxylation sites is 2. The summed E-state index contributed by atoms with van der Waals surface area (Å²) < 4.78 is 5.41. The van der Waals surface area contributed by atoms with Crippen molar-refractivity contribution < 1.29 is 14.7 Å². The third-order valence-corrected chi connectivity index (χ3v) is 3.63. The summed E-state index contributed by atoms with van der Waals surface area (Å²) in [4.78, 5) is 9.30. The van der Waals surface area contributed by atoms with Crippen molar-refractivity contribution in [1.29, 1.82) is 0 Å². The summed E-state index contributed by atoms with van der Waals surface area (Å²) in [5.74, 6) is 0.899. The van der Waals surface area contributed by atoms with Crippen molar-refractivity contribution in [3.8, 4) is 5.75 Å². The van der Waals surface area contributed by atoms with E-state index < -0.39 is 6.10 Å². The van der Waals surface area contributed by atoms with Gasteiger partial charge in [0.05, 0.1) is 12.8 Å². The Bertz CT molecular complexity index is 448. The van der Waals surface area contributed by atoms with Crippen molar-refractivity contribution in [3.05, 3.63) is 24.3 Å². The molecule has 0 saturated carbocycles. The fourth-order valence-corrected chi connectivity index (χ4v) is 2.55. The number of anilines is 1. The van der Waals surface area contributed by atoms with E-state index in [0.717, 1.165) is 37.6 Å². The lowest BCUT2D eigenvalue weighted by molar-refractivity contribution is 0.0190. The van der Waals surface area contributed by atoms with Crippen molar-refractivity contribution in [2.45, 2.75) is 6.10 Å². The molecule has 1 unspecified atom stereocenters. The maximum Gasteiger partial charge on any atom is 0.144 e. The zero-order valence-electron chi connectivity index (χ0n) is 12.4. The largest absolute Gasteiger partial charge is 0.495 e. The van der Waals surface area contributed by atoms with Gasteiger partial charge in [0.1, 0.15) is 18.5 Å². The van der Waals surface area contributed by atoms with Crippen LogP contribution in [0, 0.1) is 0 Å². The van der Waals surface area contributed by atoms with E-state index >= 15 is 0 Å². The number of aliphatic hydroxyl groups is 1. The summed E-state index contributed by atoms with van der Waals surface area (Å²) in [5.41, 5.74) is 1.12. The lowest BCUT2D eigenvalue weighted by Crippen LogP contribution is -2.49. The summed E-state index contributed by atoms with van der Waals surface area (Å²) in [7, 11) is 1.69. The van der Waals surface area contributed by atoms with Gasteiger partial charge in [-0.3, -0.25) is 4.90 Å². The summed E-state index contributed by atoms with van der Waals surface area (Å²) in [5, 5.41) is 13.1. The molecule has 0 bridgehead atoms. The van der Waals surface area contributed by atoms with E-state index in [4.69, 9.17) is 9.57 Å². The molecule has 1 aliphatic heterocycles. The molecular weight excluding hydrogens is 270 g/mol. The fraction of sp³-hybridized carbons (Fsp3) is 0.533. The van der Waals surface area contributed by atoms with Gasteiger partial charge >= 0.3 is 0 Å². The molecule has 21 heavy (non-hydrogen) atoms. The first-order valence-electron chi connectivity index (χ1n) is 7.11. The highest BCUT2D eigenvalue weighted by atomic mass is 16.6. The second kappa shape index (κ2) is 7.85. The van der Waals surface area contributed by atoms with Crippen LogP contribution in [-0.2, 0) is 4.84 Å². The summed E-state index contributed by atoms with van der Waals surface area (Å²) in [6.45, 7) is 7.63. The molecule has 1 saturated heterocycles. The number of hydrogen-bond acceptors (Lipinski definition) is 6. The third-order valence-electron chi connectivity index (χ3n) is 3.63. The minimum absolute atomic E-state index is 0.191. The van der Waals surface area contributed by atoms with Crippen molar-refractivity contribution >= 4 is 12.4 Å². The Morgan fingerprint density at radius 3 is 2.67 bits per heavy atom. The van der Waals surface area contributed by atoms with Crippen molar-refractivity contribution in [2.75, 3.05) is 51.3 Å². The van der Waals surface area contributed by atoms with Gasteiger partial charge in [0, 0.05) is 39.4 Å². The molecule has 1 heterocycles. The number of benzene rings is 1. The molecule has 0 aromatic heterocycles. The zero-order valence-corrected chi connectivity index (χ0v) is 12.4. The quantitative estimate of drug-likeness (QED) is 0.595. The Morgan fingerprint density at radius 2 is 2.00 bits per heavy atom. The molecule has 1 aliphatic rings. The average molecular weight is 293 g/mol. The molecule has 1 N–H and O–H groups in total. The Hall–Kier alpha value is -1.79. The van der Waals surface area contributed by atoms with Crippen LogP contribution in [0.3, 0.4) is 0 Å². The highest BCUT2D eigenvalue weighted by Crippen LogP contribution is 2.28. The average Bonchev–Trinajstić information content (AvgIpc) is 2.53. The summed E-state index contributed by atoms with van der Waals surface area (Å²) in [6.07, 6.45) is -0.534. The number of piperazine rings is 1. The van der Waals surface area contributed by atoms with Crippen LogP contribution in [0.5, 0.6) is 5.75 Å². The summed E-state index contributed by atoms with van der Waals surface area (Å²) >= 11 is 0. The normalized spacial score (nSPS) is 17.3. The smallest absolute Gasteiger partial charge is 0.144 e. The Balaban J connectivity index is 1.84. The number of nitrogens with zero attached hydrogens (tertiary/aromatic N) is 3. The van der Waals surface area contributed by atoms with E-state index in [1.165, 1.54) is 0 Å². The predicted octanol–water partition coefficient (Wildman–Crippen LogP) is 0.810. The Morgan fingerprint density at radius 1 is 1.29 bits per heavy atom. The molecule has 6 nitrogen and oxygen atoms in total. The summed E-state index contributed by atoms with van der Waals surface area (Å²) in [6, 6.07) is 8.05. The van der Waals surface area contributed by atoms with E-state index in [0.29, 0.717) is 6.54 Å². The van der Waals surface area contributed by atoms with Crippen LogP contribution in [0.25, 0.3) is 0 Å². The van der Waals surface area contributed by atoms with Gasteiger partial charge in [-0.25, -0.2) is 0 Å². The maximum absolute atomic E-state index is 9.81. The number of methoxy groups -OCH3 is 1. The molecule has 2 rings (SSSR count). The molecule has 0 amide bonds. The monoisotopic (exact) mass is 293 g/mol. The molecule has 116 valence electrons. The lowest BCUT2D eigenvalue weighted by Gasteiger charge is -2.37. The lowest BCUT2D eigenvalue weighted by atomic mass is 10.2. The van der Waals surface area contributed by atoms with Gasteiger partial charge in [-0.2, -0.15) is 0 Å². The van der Waals surface area contributed by atoms with Gasteiger partial charge in [-0.05, 0) is 12.1 Å². The SMILES string of the molecule is C=NOCC(O)CN1CCN(c2ccccc2OC)CC1. The Kier molecular flexibility index (Phi) is 5.83. The van der Waals surface area contributed by atoms with Crippen LogP contribution in [0.4, 0.5) is 5.69 Å². The highest BCUT2D eigenvalue weighted by Gasteiger charge is 2.21. The van der Waals surface area contributed by atoms with E-state index in [9.17, 15) is 5.11 Å². The number of rotatable bonds is 7. The van der Waals surface area contributed by atoms with E-state index in [2.05, 4.69) is 27.7 Å². The van der Waals surface area contributed by atoms with Gasteiger partial charge < -0.3 is 19.6 Å². The predicted molar refractivity (Wildman–Crippen MR) is 83.2 cm³/mol. The van der Waals surface area contributed by atoms with Gasteiger partial charge in [0.2, 0.25) is 0 Å². The number of β-amino-alcohol motifs (C(OH)–C–C–N with tert-alkyl or cyclic N) is 1. The fourth-order valence-electron chi connectivity index (χ4n) is 2.55. The Labute approximate surface area is 125 Å². The van der Waals surface area contributed by atoms with Crippen LogP contribution in [0.1, 0.15) is 0 Å². The van der Waals surface area contributed by atoms with Gasteiger partial charge in [0.25, 0.3) is 0 Å². The van der Waals surface area contributed by atoms with Crippen molar-refractivity contribution in [1.82, 2.24) is 4.90 Å². The molecule has 1 fully saturated rings. The minimum Gasteiger partial charge on any atom is -0.495 e. The van der Waals surface area contributed by atoms with Crippen molar-refractivity contribution in [3.63, 3.8) is 0 Å². The van der Waals surface area contributed by atoms with Gasteiger partial charge in [-0.15, -0.1) is 5.16 Å². The van der Waals surface area contributed by atoms with Gasteiger partial charge in [0.15, 0.2) is 0 Å².